The Kier molecular flexibility index (Phi) is 5.34. The van der Waals surface area contributed by atoms with Gasteiger partial charge < -0.3 is 26.8 Å². The van der Waals surface area contributed by atoms with Crippen LogP contribution in [0.15, 0.2) is 36.4 Å². The minimum absolute atomic E-state index is 0.0247. The van der Waals surface area contributed by atoms with Crippen LogP contribution in [-0.4, -0.2) is 27.3 Å². The van der Waals surface area contributed by atoms with E-state index < -0.39 is 11.9 Å². The predicted octanol–water partition coefficient (Wildman–Crippen LogP) is 1.95. The highest BCUT2D eigenvalue weighted by Crippen LogP contribution is 2.20. The molecule has 0 atom stereocenters. The van der Waals surface area contributed by atoms with E-state index in [0.717, 1.165) is 11.6 Å². The molecule has 2 aromatic rings. The fourth-order valence-corrected chi connectivity index (χ4v) is 1.49. The number of carboxylic acids is 2. The number of carbonyl (C=O) groups is 2. The van der Waals surface area contributed by atoms with Gasteiger partial charge in [-0.25, -0.2) is 9.59 Å². The topological polar surface area (TPSA) is 147 Å². The van der Waals surface area contributed by atoms with Crippen molar-refractivity contribution in [1.29, 1.82) is 0 Å². The maximum atomic E-state index is 10.4. The summed E-state index contributed by atoms with van der Waals surface area (Å²) < 4.78 is 0. The first kappa shape index (κ1) is 16.8. The van der Waals surface area contributed by atoms with Crippen LogP contribution in [0.3, 0.4) is 0 Å². The molecule has 2 aromatic carbocycles. The van der Waals surface area contributed by atoms with E-state index in [1.165, 1.54) is 18.2 Å². The molecule has 7 N–H and O–H groups in total. The van der Waals surface area contributed by atoms with Gasteiger partial charge in [-0.3, -0.25) is 0 Å². The Hall–Kier alpha value is -3.22. The van der Waals surface area contributed by atoms with Gasteiger partial charge in [0.25, 0.3) is 0 Å². The van der Waals surface area contributed by atoms with Gasteiger partial charge in [-0.2, -0.15) is 0 Å². The van der Waals surface area contributed by atoms with Crippen LogP contribution in [-0.2, 0) is 0 Å². The van der Waals surface area contributed by atoms with Gasteiger partial charge in [-0.1, -0.05) is 0 Å². The van der Waals surface area contributed by atoms with Gasteiger partial charge in [-0.15, -0.1) is 0 Å². The standard InChI is InChI=1S/C8H9NO2.C7H7NO3/c1-5-4-6(8(10)11)2-3-7(5)9;8-5-2-1-4(7(10)11)3-6(5)9/h2-4H,9H2,1H3,(H,10,11);1-3,9H,8H2,(H,10,11). The number of phenolic OH excluding ortho intramolecular Hbond substituents is 1. The van der Waals surface area contributed by atoms with Crippen molar-refractivity contribution in [3.05, 3.63) is 53.1 Å². The van der Waals surface area contributed by atoms with E-state index in [0.29, 0.717) is 5.69 Å². The largest absolute Gasteiger partial charge is 0.506 e. The Morgan fingerprint density at radius 3 is 1.73 bits per heavy atom. The zero-order chi connectivity index (χ0) is 16.9. The molecule has 0 spiro atoms. The zero-order valence-corrected chi connectivity index (χ0v) is 11.8. The minimum Gasteiger partial charge on any atom is -0.506 e. The third kappa shape index (κ3) is 4.41. The molecule has 7 heteroatoms. The molecular formula is C15H16N2O5. The van der Waals surface area contributed by atoms with Crippen LogP contribution in [0.4, 0.5) is 11.4 Å². The van der Waals surface area contributed by atoms with Gasteiger partial charge in [0.05, 0.1) is 16.8 Å². The summed E-state index contributed by atoms with van der Waals surface area (Å²) in [6.45, 7) is 1.78. The van der Waals surface area contributed by atoms with Gasteiger partial charge in [0.2, 0.25) is 0 Å². The molecule has 0 radical (unpaired) electrons. The lowest BCUT2D eigenvalue weighted by molar-refractivity contribution is 0.0686. The fourth-order valence-electron chi connectivity index (χ4n) is 1.49. The van der Waals surface area contributed by atoms with Crippen molar-refractivity contribution in [1.82, 2.24) is 0 Å². The molecule has 0 aliphatic carbocycles. The third-order valence-corrected chi connectivity index (χ3v) is 2.79. The quantitative estimate of drug-likeness (QED) is 0.420. The second-order valence-corrected chi connectivity index (χ2v) is 4.46. The highest BCUT2D eigenvalue weighted by molar-refractivity contribution is 5.89. The monoisotopic (exact) mass is 304 g/mol. The van der Waals surface area contributed by atoms with Crippen LogP contribution in [0, 0.1) is 6.92 Å². The number of aromatic carboxylic acids is 2. The molecule has 0 amide bonds. The number of nitrogen functional groups attached to an aromatic ring is 2. The molecule has 0 fully saturated rings. The van der Waals surface area contributed by atoms with E-state index in [9.17, 15) is 9.59 Å². The molecule has 0 aromatic heterocycles. The molecule has 0 aliphatic rings. The number of aromatic hydroxyl groups is 1. The Bertz CT molecular complexity index is 652. The summed E-state index contributed by atoms with van der Waals surface area (Å²) in [4.78, 5) is 20.7. The Labute approximate surface area is 126 Å². The molecule has 0 heterocycles. The van der Waals surface area contributed by atoms with Crippen molar-refractivity contribution in [2.75, 3.05) is 11.5 Å². The number of aryl methyl sites for hydroxylation is 1. The summed E-state index contributed by atoms with van der Waals surface area (Å²) in [7, 11) is 0. The second-order valence-electron chi connectivity index (χ2n) is 4.46. The summed E-state index contributed by atoms with van der Waals surface area (Å²) in [5, 5.41) is 26.0. The van der Waals surface area contributed by atoms with Gasteiger partial charge in [0, 0.05) is 5.69 Å². The molecule has 0 bridgehead atoms. The molecule has 22 heavy (non-hydrogen) atoms. The molecule has 116 valence electrons. The van der Waals surface area contributed by atoms with E-state index in [4.69, 9.17) is 26.8 Å². The van der Waals surface area contributed by atoms with E-state index in [2.05, 4.69) is 0 Å². The number of phenols is 1. The summed E-state index contributed by atoms with van der Waals surface area (Å²) in [6, 6.07) is 8.43. The molecule has 7 nitrogen and oxygen atoms in total. The van der Waals surface area contributed by atoms with Gasteiger partial charge >= 0.3 is 11.9 Å². The first-order chi connectivity index (χ1) is 10.2. The minimum atomic E-state index is -1.08. The Balaban J connectivity index is 0.000000220. The maximum absolute atomic E-state index is 10.4. The fraction of sp³-hybridized carbons (Fsp3) is 0.0667. The first-order valence-electron chi connectivity index (χ1n) is 6.13. The maximum Gasteiger partial charge on any atom is 0.335 e. The Morgan fingerprint density at radius 1 is 0.864 bits per heavy atom. The van der Waals surface area contributed by atoms with Crippen molar-refractivity contribution in [2.45, 2.75) is 6.92 Å². The van der Waals surface area contributed by atoms with Crippen LogP contribution < -0.4 is 11.5 Å². The highest BCUT2D eigenvalue weighted by Gasteiger charge is 2.04. The smallest absolute Gasteiger partial charge is 0.335 e. The van der Waals surface area contributed by atoms with Crippen LogP contribution in [0.2, 0.25) is 0 Å². The summed E-state index contributed by atoms with van der Waals surface area (Å²) in [6.07, 6.45) is 0. The molecule has 0 saturated carbocycles. The lowest BCUT2D eigenvalue weighted by Crippen LogP contribution is -1.98. The van der Waals surface area contributed by atoms with Crippen molar-refractivity contribution >= 4 is 23.3 Å². The number of hydrogen-bond acceptors (Lipinski definition) is 5. The summed E-state index contributed by atoms with van der Waals surface area (Å²) in [5.41, 5.74) is 12.6. The van der Waals surface area contributed by atoms with Crippen molar-refractivity contribution in [3.63, 3.8) is 0 Å². The lowest BCUT2D eigenvalue weighted by Gasteiger charge is -1.99. The van der Waals surface area contributed by atoms with Crippen LogP contribution in [0.1, 0.15) is 26.3 Å². The van der Waals surface area contributed by atoms with Crippen LogP contribution in [0.25, 0.3) is 0 Å². The normalized spacial score (nSPS) is 9.50. The number of benzene rings is 2. The average Bonchev–Trinajstić information content (AvgIpc) is 2.45. The van der Waals surface area contributed by atoms with Crippen molar-refractivity contribution in [3.8, 4) is 5.75 Å². The number of hydrogen-bond donors (Lipinski definition) is 5. The van der Waals surface area contributed by atoms with Crippen LogP contribution in [0.5, 0.6) is 5.75 Å². The number of nitrogens with two attached hydrogens (primary N) is 2. The SMILES string of the molecule is Cc1cc(C(=O)O)ccc1N.Nc1ccc(C(=O)O)cc1O. The molecular weight excluding hydrogens is 288 g/mol. The number of anilines is 2. The molecule has 0 unspecified atom stereocenters. The molecule has 0 saturated heterocycles. The van der Waals surface area contributed by atoms with Crippen LogP contribution >= 0.6 is 0 Å². The zero-order valence-electron chi connectivity index (χ0n) is 11.8. The number of rotatable bonds is 2. The van der Waals surface area contributed by atoms with Crippen molar-refractivity contribution < 1.29 is 24.9 Å². The van der Waals surface area contributed by atoms with E-state index in [-0.39, 0.29) is 22.6 Å². The lowest BCUT2D eigenvalue weighted by atomic mass is 10.1. The highest BCUT2D eigenvalue weighted by atomic mass is 16.4. The number of carboxylic acid groups (broad SMARTS) is 2. The van der Waals surface area contributed by atoms with Gasteiger partial charge in [0.1, 0.15) is 5.75 Å². The summed E-state index contributed by atoms with van der Waals surface area (Å²) in [5.74, 6) is -2.21. The van der Waals surface area contributed by atoms with Crippen molar-refractivity contribution in [2.24, 2.45) is 0 Å². The van der Waals surface area contributed by atoms with Gasteiger partial charge in [-0.05, 0) is 48.9 Å². The average molecular weight is 304 g/mol. The molecule has 0 aliphatic heterocycles. The van der Waals surface area contributed by atoms with E-state index in [1.807, 2.05) is 0 Å². The second kappa shape index (κ2) is 6.98. The van der Waals surface area contributed by atoms with Gasteiger partial charge in [0.15, 0.2) is 0 Å². The summed E-state index contributed by atoms with van der Waals surface area (Å²) >= 11 is 0. The van der Waals surface area contributed by atoms with E-state index in [1.54, 1.807) is 19.1 Å². The first-order valence-corrected chi connectivity index (χ1v) is 6.13. The Morgan fingerprint density at radius 2 is 1.32 bits per heavy atom. The predicted molar refractivity (Wildman–Crippen MR) is 82.0 cm³/mol. The van der Waals surface area contributed by atoms with E-state index >= 15 is 0 Å². The molecule has 2 rings (SSSR count). The third-order valence-electron chi connectivity index (χ3n) is 2.79.